The molecule has 9 heteroatoms. The lowest BCUT2D eigenvalue weighted by atomic mass is 9.94. The number of rotatable bonds is 6. The first-order valence-corrected chi connectivity index (χ1v) is 14.1. The van der Waals surface area contributed by atoms with E-state index in [0.29, 0.717) is 6.26 Å². The van der Waals surface area contributed by atoms with Gasteiger partial charge in [0.25, 0.3) is 10.1 Å². The fraction of sp³-hybridized carbons (Fsp3) is 0.333. The molecule has 3 aromatic carbocycles. The van der Waals surface area contributed by atoms with Crippen LogP contribution in [0.5, 0.6) is 11.5 Å². The van der Waals surface area contributed by atoms with E-state index in [4.69, 9.17) is 36.1 Å². The van der Waals surface area contributed by atoms with Crippen LogP contribution in [0.25, 0.3) is 22.3 Å². The molecule has 5 rings (SSSR count). The molecule has 1 N–H and O–H groups in total. The fourth-order valence-electron chi connectivity index (χ4n) is 4.08. The molecule has 0 amide bonds. The molecule has 0 saturated carbocycles. The zero-order chi connectivity index (χ0) is 25.5. The molecule has 192 valence electrons. The zero-order valence-corrected chi connectivity index (χ0v) is 21.7. The lowest BCUT2D eigenvalue weighted by molar-refractivity contribution is -0.0393. The molecular formula is C27H30O7S2. The smallest absolute Gasteiger partial charge is 0.261 e. The van der Waals surface area contributed by atoms with Gasteiger partial charge in [0.2, 0.25) is 0 Å². The third-order valence-electron chi connectivity index (χ3n) is 5.66. The summed E-state index contributed by atoms with van der Waals surface area (Å²) < 4.78 is 48.8. The highest BCUT2D eigenvalue weighted by atomic mass is 32.2. The van der Waals surface area contributed by atoms with E-state index in [1.54, 1.807) is 0 Å². The second kappa shape index (κ2) is 12.1. The van der Waals surface area contributed by atoms with Crippen LogP contribution < -0.4 is 9.47 Å². The Morgan fingerprint density at radius 3 is 1.72 bits per heavy atom. The van der Waals surface area contributed by atoms with Crippen LogP contribution in [0.3, 0.4) is 0 Å². The van der Waals surface area contributed by atoms with Crippen molar-refractivity contribution in [3.63, 3.8) is 0 Å². The fourth-order valence-corrected chi connectivity index (χ4v) is 4.42. The van der Waals surface area contributed by atoms with Crippen LogP contribution in [-0.4, -0.2) is 45.0 Å². The Bertz CT molecular complexity index is 1220. The summed E-state index contributed by atoms with van der Waals surface area (Å²) in [6, 6.07) is 22.5. The van der Waals surface area contributed by atoms with Gasteiger partial charge in [0.15, 0.2) is 12.6 Å². The molecule has 0 aliphatic carbocycles. The van der Waals surface area contributed by atoms with Gasteiger partial charge in [-0.1, -0.05) is 36.4 Å². The van der Waals surface area contributed by atoms with Gasteiger partial charge in [-0.3, -0.25) is 4.55 Å². The summed E-state index contributed by atoms with van der Waals surface area (Å²) in [6.07, 6.45) is 4.45. The average molecular weight is 531 g/mol. The molecule has 7 nitrogen and oxygen atoms in total. The van der Waals surface area contributed by atoms with Crippen LogP contribution in [0.4, 0.5) is 0 Å². The maximum absolute atomic E-state index is 9.19. The maximum Gasteiger partial charge on any atom is 0.261 e. The standard InChI is InChI=1S/C26H26O4S.CH4O3S/c31-23-5-1-4-22(18-8-12-20(13-9-18)29-24-6-2-16-27-24)26(23)19-10-14-21(15-11-19)30-25-7-3-17-28-25;1-5(2,3)4/h1,4-5,8-15,24-25,31H,2-3,6-7,16-17H2;1H3,(H,2,3,4). The van der Waals surface area contributed by atoms with Crippen molar-refractivity contribution in [3.8, 4) is 33.8 Å². The Kier molecular flexibility index (Phi) is 8.92. The molecule has 0 radical (unpaired) electrons. The monoisotopic (exact) mass is 530 g/mol. The lowest BCUT2D eigenvalue weighted by Gasteiger charge is -2.16. The van der Waals surface area contributed by atoms with E-state index >= 15 is 0 Å². The zero-order valence-electron chi connectivity index (χ0n) is 20.0. The first-order chi connectivity index (χ1) is 17.3. The van der Waals surface area contributed by atoms with Crippen molar-refractivity contribution in [2.45, 2.75) is 43.2 Å². The number of hydrogen-bond donors (Lipinski definition) is 2. The SMILES string of the molecule is CS(=O)(=O)O.Sc1cccc(-c2ccc(OC3CCCO3)cc2)c1-c1ccc(OC2CCCO2)cc1. The van der Waals surface area contributed by atoms with Crippen molar-refractivity contribution in [2.24, 2.45) is 0 Å². The minimum atomic E-state index is -3.67. The first-order valence-electron chi connectivity index (χ1n) is 11.8. The van der Waals surface area contributed by atoms with Crippen molar-refractivity contribution in [3.05, 3.63) is 66.7 Å². The van der Waals surface area contributed by atoms with Crippen LogP contribution in [-0.2, 0) is 19.6 Å². The van der Waals surface area contributed by atoms with Crippen molar-refractivity contribution in [1.29, 1.82) is 0 Å². The van der Waals surface area contributed by atoms with Crippen molar-refractivity contribution >= 4 is 22.7 Å². The summed E-state index contributed by atoms with van der Waals surface area (Å²) >= 11 is 4.75. The summed E-state index contributed by atoms with van der Waals surface area (Å²) in [5, 5.41) is 0. The summed E-state index contributed by atoms with van der Waals surface area (Å²) in [7, 11) is -3.67. The van der Waals surface area contributed by atoms with Gasteiger partial charge in [-0.05, 0) is 59.9 Å². The second-order valence-electron chi connectivity index (χ2n) is 8.60. The number of thiol groups is 1. The van der Waals surface area contributed by atoms with E-state index in [0.717, 1.165) is 77.5 Å². The van der Waals surface area contributed by atoms with Crippen LogP contribution in [0.2, 0.25) is 0 Å². The molecule has 2 aliphatic heterocycles. The van der Waals surface area contributed by atoms with E-state index in [-0.39, 0.29) is 12.6 Å². The molecule has 0 aromatic heterocycles. The summed E-state index contributed by atoms with van der Waals surface area (Å²) in [5.74, 6) is 1.65. The van der Waals surface area contributed by atoms with Crippen molar-refractivity contribution < 1.29 is 31.9 Å². The van der Waals surface area contributed by atoms with Gasteiger partial charge in [0, 0.05) is 23.3 Å². The largest absolute Gasteiger partial charge is 0.465 e. The Hall–Kier alpha value is -2.56. The van der Waals surface area contributed by atoms with Gasteiger partial charge >= 0.3 is 0 Å². The van der Waals surface area contributed by atoms with Crippen LogP contribution in [0, 0.1) is 0 Å². The molecular weight excluding hydrogens is 500 g/mol. The summed E-state index contributed by atoms with van der Waals surface area (Å²) in [6.45, 7) is 1.55. The van der Waals surface area contributed by atoms with Gasteiger partial charge in [-0.25, -0.2) is 0 Å². The molecule has 2 aliphatic rings. The highest BCUT2D eigenvalue weighted by Crippen LogP contribution is 2.38. The predicted octanol–water partition coefficient (Wildman–Crippen LogP) is 5.84. The average Bonchev–Trinajstić information content (AvgIpc) is 3.54. The maximum atomic E-state index is 9.19. The third kappa shape index (κ3) is 7.72. The molecule has 2 saturated heterocycles. The molecule has 0 spiro atoms. The van der Waals surface area contributed by atoms with E-state index in [9.17, 15) is 8.42 Å². The molecule has 2 unspecified atom stereocenters. The molecule has 0 bridgehead atoms. The van der Waals surface area contributed by atoms with Gasteiger partial charge < -0.3 is 18.9 Å². The van der Waals surface area contributed by atoms with E-state index in [1.165, 1.54) is 0 Å². The predicted molar refractivity (Wildman–Crippen MR) is 141 cm³/mol. The number of hydrogen-bond acceptors (Lipinski definition) is 7. The van der Waals surface area contributed by atoms with E-state index in [2.05, 4.69) is 30.3 Å². The Labute approximate surface area is 217 Å². The quantitative estimate of drug-likeness (QED) is 0.305. The van der Waals surface area contributed by atoms with Crippen LogP contribution in [0.15, 0.2) is 71.6 Å². The topological polar surface area (TPSA) is 91.3 Å². The second-order valence-corrected chi connectivity index (χ2v) is 10.6. The van der Waals surface area contributed by atoms with E-state index in [1.807, 2.05) is 36.4 Å². The molecule has 2 heterocycles. The van der Waals surface area contributed by atoms with Gasteiger partial charge in [-0.2, -0.15) is 8.42 Å². The number of ether oxygens (including phenoxy) is 4. The highest BCUT2D eigenvalue weighted by Gasteiger charge is 2.18. The Balaban J connectivity index is 0.000000556. The molecule has 2 fully saturated rings. The van der Waals surface area contributed by atoms with Gasteiger partial charge in [0.05, 0.1) is 19.5 Å². The van der Waals surface area contributed by atoms with Crippen LogP contribution >= 0.6 is 12.6 Å². The minimum Gasteiger partial charge on any atom is -0.465 e. The van der Waals surface area contributed by atoms with Gasteiger partial charge in [0.1, 0.15) is 11.5 Å². The number of benzene rings is 3. The molecule has 3 aromatic rings. The van der Waals surface area contributed by atoms with E-state index < -0.39 is 10.1 Å². The summed E-state index contributed by atoms with van der Waals surface area (Å²) in [4.78, 5) is 0.935. The van der Waals surface area contributed by atoms with Crippen molar-refractivity contribution in [1.82, 2.24) is 0 Å². The minimum absolute atomic E-state index is 0.127. The van der Waals surface area contributed by atoms with Crippen molar-refractivity contribution in [2.75, 3.05) is 19.5 Å². The Morgan fingerprint density at radius 2 is 1.28 bits per heavy atom. The normalized spacial score (nSPS) is 19.4. The highest BCUT2D eigenvalue weighted by molar-refractivity contribution is 7.85. The molecule has 2 atom stereocenters. The van der Waals surface area contributed by atoms with Crippen LogP contribution in [0.1, 0.15) is 25.7 Å². The van der Waals surface area contributed by atoms with Gasteiger partial charge in [-0.15, -0.1) is 12.6 Å². The third-order valence-corrected chi connectivity index (χ3v) is 6.03. The lowest BCUT2D eigenvalue weighted by Crippen LogP contribution is -2.13. The molecule has 36 heavy (non-hydrogen) atoms. The summed E-state index contributed by atoms with van der Waals surface area (Å²) in [5.41, 5.74) is 4.44. The Morgan fingerprint density at radius 1 is 0.806 bits per heavy atom. The first kappa shape index (κ1) is 26.5.